The zero-order valence-electron chi connectivity index (χ0n) is 9.59. The molecule has 1 unspecified atom stereocenters. The fourth-order valence-electron chi connectivity index (χ4n) is 0.704. The molecule has 0 saturated carbocycles. The van der Waals surface area contributed by atoms with E-state index in [4.69, 9.17) is 5.73 Å². The maximum Gasteiger partial charge on any atom is 0.230 e. The van der Waals surface area contributed by atoms with E-state index >= 15 is 0 Å². The Morgan fingerprint density at radius 1 is 1.50 bits per heavy atom. The Morgan fingerprint density at radius 2 is 2.07 bits per heavy atom. The van der Waals surface area contributed by atoms with E-state index in [0.717, 1.165) is 0 Å². The van der Waals surface area contributed by atoms with Gasteiger partial charge in [-0.05, 0) is 12.5 Å². The van der Waals surface area contributed by atoms with Gasteiger partial charge in [0.25, 0.3) is 0 Å². The first-order valence-electron chi connectivity index (χ1n) is 4.96. The van der Waals surface area contributed by atoms with Crippen LogP contribution in [0, 0.1) is 5.92 Å². The average Bonchev–Trinajstić information content (AvgIpc) is 2.09. The van der Waals surface area contributed by atoms with Crippen LogP contribution in [-0.2, 0) is 4.79 Å². The first-order valence-corrected chi connectivity index (χ1v) is 5.94. The minimum atomic E-state index is 0.102. The van der Waals surface area contributed by atoms with Gasteiger partial charge in [0.15, 0.2) is 0 Å². The summed E-state index contributed by atoms with van der Waals surface area (Å²) in [5, 5.41) is 2.87. The Morgan fingerprint density at radius 3 is 2.50 bits per heavy atom. The van der Waals surface area contributed by atoms with Crippen LogP contribution in [0.3, 0.4) is 0 Å². The Hall–Kier alpha value is -0.220. The summed E-state index contributed by atoms with van der Waals surface area (Å²) in [7, 11) is 0. The van der Waals surface area contributed by atoms with Crippen LogP contribution < -0.4 is 11.1 Å². The van der Waals surface area contributed by atoms with Crippen LogP contribution in [0.15, 0.2) is 0 Å². The van der Waals surface area contributed by atoms with Gasteiger partial charge in [-0.25, -0.2) is 0 Å². The molecule has 0 spiro atoms. The molecule has 3 N–H and O–H groups in total. The number of nitrogens with two attached hydrogens (primary N) is 1. The minimum absolute atomic E-state index is 0.102. The van der Waals surface area contributed by atoms with E-state index in [0.29, 0.717) is 24.8 Å². The number of nitrogens with one attached hydrogen (secondary N) is 1. The van der Waals surface area contributed by atoms with Gasteiger partial charge in [0.05, 0.1) is 5.75 Å². The summed E-state index contributed by atoms with van der Waals surface area (Å²) >= 11 is 1.66. The van der Waals surface area contributed by atoms with Crippen molar-refractivity contribution in [3.8, 4) is 0 Å². The molecule has 0 bridgehead atoms. The van der Waals surface area contributed by atoms with Crippen molar-refractivity contribution in [1.82, 2.24) is 5.32 Å². The Bertz CT molecular complexity index is 177. The summed E-state index contributed by atoms with van der Waals surface area (Å²) in [6.45, 7) is 9.64. The molecule has 0 aromatic rings. The highest BCUT2D eigenvalue weighted by Crippen LogP contribution is 2.22. The summed E-state index contributed by atoms with van der Waals surface area (Å²) in [6.07, 6.45) is 0. The van der Waals surface area contributed by atoms with Crippen LogP contribution in [-0.4, -0.2) is 29.5 Å². The van der Waals surface area contributed by atoms with Crippen molar-refractivity contribution in [2.45, 2.75) is 32.4 Å². The van der Waals surface area contributed by atoms with Gasteiger partial charge in [-0.3, -0.25) is 4.79 Å². The highest BCUT2D eigenvalue weighted by atomic mass is 32.2. The SMILES string of the molecule is CC(CN)CNC(=O)CSC(C)(C)C. The molecule has 0 aliphatic carbocycles. The Balaban J connectivity index is 3.57. The van der Waals surface area contributed by atoms with Crippen molar-refractivity contribution >= 4 is 17.7 Å². The normalized spacial score (nSPS) is 13.8. The molecule has 1 amide bonds. The van der Waals surface area contributed by atoms with Gasteiger partial charge in [0.1, 0.15) is 0 Å². The second-order valence-electron chi connectivity index (χ2n) is 4.55. The number of thioether (sulfide) groups is 1. The lowest BCUT2D eigenvalue weighted by atomic mass is 10.2. The highest BCUT2D eigenvalue weighted by molar-refractivity contribution is 8.01. The fourth-order valence-corrected chi connectivity index (χ4v) is 1.37. The van der Waals surface area contributed by atoms with Gasteiger partial charge in [-0.2, -0.15) is 0 Å². The third-order valence-electron chi connectivity index (χ3n) is 1.69. The molecule has 0 heterocycles. The van der Waals surface area contributed by atoms with Crippen LogP contribution in [0.2, 0.25) is 0 Å². The van der Waals surface area contributed by atoms with Crippen molar-refractivity contribution in [1.29, 1.82) is 0 Å². The summed E-state index contributed by atoms with van der Waals surface area (Å²) in [5.41, 5.74) is 5.44. The summed E-state index contributed by atoms with van der Waals surface area (Å²) in [4.78, 5) is 11.3. The largest absolute Gasteiger partial charge is 0.355 e. The molecule has 0 fully saturated rings. The summed E-state index contributed by atoms with van der Waals surface area (Å²) in [5.74, 6) is 0.990. The topological polar surface area (TPSA) is 55.1 Å². The molecule has 0 aliphatic rings. The number of hydrogen-bond acceptors (Lipinski definition) is 3. The van der Waals surface area contributed by atoms with Crippen molar-refractivity contribution in [2.24, 2.45) is 11.7 Å². The maximum absolute atomic E-state index is 11.3. The molecule has 3 nitrogen and oxygen atoms in total. The lowest BCUT2D eigenvalue weighted by Crippen LogP contribution is -2.33. The van der Waals surface area contributed by atoms with Crippen molar-refractivity contribution in [3.63, 3.8) is 0 Å². The third-order valence-corrected chi connectivity index (χ3v) is 2.96. The van der Waals surface area contributed by atoms with E-state index in [1.54, 1.807) is 11.8 Å². The molecule has 0 aromatic carbocycles. The molecule has 4 heteroatoms. The van der Waals surface area contributed by atoms with E-state index in [1.807, 2.05) is 6.92 Å². The van der Waals surface area contributed by atoms with Gasteiger partial charge < -0.3 is 11.1 Å². The van der Waals surface area contributed by atoms with E-state index in [2.05, 4.69) is 26.1 Å². The van der Waals surface area contributed by atoms with E-state index in [9.17, 15) is 4.79 Å². The molecular weight excluding hydrogens is 196 g/mol. The molecule has 0 aliphatic heterocycles. The first-order chi connectivity index (χ1) is 6.35. The van der Waals surface area contributed by atoms with Crippen LogP contribution in [0.1, 0.15) is 27.7 Å². The number of carbonyl (C=O) groups is 1. The number of amides is 1. The second-order valence-corrected chi connectivity index (χ2v) is 6.35. The molecule has 0 rings (SSSR count). The first kappa shape index (κ1) is 13.8. The quantitative estimate of drug-likeness (QED) is 0.730. The van der Waals surface area contributed by atoms with Gasteiger partial charge in [-0.1, -0.05) is 27.7 Å². The van der Waals surface area contributed by atoms with Gasteiger partial charge >= 0.3 is 0 Å². The van der Waals surface area contributed by atoms with Gasteiger partial charge in [0, 0.05) is 11.3 Å². The van der Waals surface area contributed by atoms with Crippen LogP contribution in [0.5, 0.6) is 0 Å². The molecule has 0 aromatic heterocycles. The molecule has 14 heavy (non-hydrogen) atoms. The standard InChI is InChI=1S/C10H22N2OS/c1-8(5-11)6-12-9(13)7-14-10(2,3)4/h8H,5-7,11H2,1-4H3,(H,12,13). The predicted octanol–water partition coefficient (Wildman–Crippen LogP) is 1.23. The van der Waals surface area contributed by atoms with Crippen molar-refractivity contribution < 1.29 is 4.79 Å². The van der Waals surface area contributed by atoms with Crippen LogP contribution in [0.25, 0.3) is 0 Å². The molecule has 1 atom stereocenters. The minimum Gasteiger partial charge on any atom is -0.355 e. The monoisotopic (exact) mass is 218 g/mol. The molecule has 0 saturated heterocycles. The van der Waals surface area contributed by atoms with Crippen molar-refractivity contribution in [3.05, 3.63) is 0 Å². The number of carbonyl (C=O) groups excluding carboxylic acids is 1. The third kappa shape index (κ3) is 8.38. The smallest absolute Gasteiger partial charge is 0.230 e. The zero-order valence-corrected chi connectivity index (χ0v) is 10.4. The lowest BCUT2D eigenvalue weighted by molar-refractivity contribution is -0.118. The Labute approximate surface area is 91.2 Å². The number of hydrogen-bond donors (Lipinski definition) is 2. The summed E-state index contributed by atoms with van der Waals surface area (Å²) < 4.78 is 0.150. The van der Waals surface area contributed by atoms with E-state index < -0.39 is 0 Å². The van der Waals surface area contributed by atoms with Gasteiger partial charge in [-0.15, -0.1) is 11.8 Å². The van der Waals surface area contributed by atoms with Crippen LogP contribution in [0.4, 0.5) is 0 Å². The molecular formula is C10H22N2OS. The van der Waals surface area contributed by atoms with Crippen LogP contribution >= 0.6 is 11.8 Å². The van der Waals surface area contributed by atoms with Gasteiger partial charge in [0.2, 0.25) is 5.91 Å². The molecule has 0 radical (unpaired) electrons. The van der Waals surface area contributed by atoms with E-state index in [-0.39, 0.29) is 10.7 Å². The predicted molar refractivity (Wildman–Crippen MR) is 63.4 cm³/mol. The second kappa shape index (κ2) is 6.30. The maximum atomic E-state index is 11.3. The lowest BCUT2D eigenvalue weighted by Gasteiger charge is -2.17. The highest BCUT2D eigenvalue weighted by Gasteiger charge is 2.13. The van der Waals surface area contributed by atoms with Crippen molar-refractivity contribution in [2.75, 3.05) is 18.8 Å². The number of rotatable bonds is 5. The Kier molecular flexibility index (Phi) is 6.20. The fraction of sp³-hybridized carbons (Fsp3) is 0.900. The zero-order chi connectivity index (χ0) is 11.2. The molecule has 84 valence electrons. The summed E-state index contributed by atoms with van der Waals surface area (Å²) in [6, 6.07) is 0. The van der Waals surface area contributed by atoms with E-state index in [1.165, 1.54) is 0 Å². The average molecular weight is 218 g/mol.